The molecule has 0 spiro atoms. The number of nitrogens with one attached hydrogen (secondary N) is 1. The molecule has 1 aliphatic rings. The predicted octanol–water partition coefficient (Wildman–Crippen LogP) is 3.04. The molecule has 1 aliphatic heterocycles. The molecule has 0 aromatic heterocycles. The predicted molar refractivity (Wildman–Crippen MR) is 80.7 cm³/mol. The van der Waals surface area contributed by atoms with Crippen LogP contribution in [0.3, 0.4) is 0 Å². The molecule has 3 nitrogen and oxygen atoms in total. The molecule has 21 heavy (non-hydrogen) atoms. The number of aryl methyl sites for hydroxylation is 1. The summed E-state index contributed by atoms with van der Waals surface area (Å²) in [6.45, 7) is 7.63. The van der Waals surface area contributed by atoms with Gasteiger partial charge in [-0.15, -0.1) is 0 Å². The van der Waals surface area contributed by atoms with Crippen LogP contribution in [0.25, 0.3) is 0 Å². The van der Waals surface area contributed by atoms with Gasteiger partial charge in [-0.2, -0.15) is 0 Å². The third kappa shape index (κ3) is 2.82. The van der Waals surface area contributed by atoms with Gasteiger partial charge in [-0.05, 0) is 51.8 Å². The average Bonchev–Trinajstić information content (AvgIpc) is 3.02. The first-order valence-corrected chi connectivity index (χ1v) is 7.61. The Morgan fingerprint density at radius 1 is 1.29 bits per heavy atom. The van der Waals surface area contributed by atoms with E-state index in [0.717, 1.165) is 32.4 Å². The summed E-state index contributed by atoms with van der Waals surface area (Å²) in [5.74, 6) is 4.15. The first-order valence-electron chi connectivity index (χ1n) is 7.61. The van der Waals surface area contributed by atoms with Crippen molar-refractivity contribution in [3.05, 3.63) is 34.9 Å². The van der Waals surface area contributed by atoms with Crippen LogP contribution in [0.5, 0.6) is 0 Å². The van der Waals surface area contributed by atoms with Crippen molar-refractivity contribution >= 4 is 0 Å². The number of nitrogens with zero attached hydrogens (tertiary/aromatic N) is 1. The molecule has 0 amide bonds. The second-order valence-electron chi connectivity index (χ2n) is 6.10. The number of nitrogens with two attached hydrogens (primary N) is 1. The van der Waals surface area contributed by atoms with Gasteiger partial charge in [0, 0.05) is 11.1 Å². The quantitative estimate of drug-likeness (QED) is 0.648. The second kappa shape index (κ2) is 6.38. The Morgan fingerprint density at radius 3 is 2.43 bits per heavy atom. The van der Waals surface area contributed by atoms with E-state index in [9.17, 15) is 8.78 Å². The lowest BCUT2D eigenvalue weighted by Gasteiger charge is -2.44. The van der Waals surface area contributed by atoms with Crippen LogP contribution >= 0.6 is 0 Å². The molecule has 0 radical (unpaired) electrons. The van der Waals surface area contributed by atoms with Crippen LogP contribution in [-0.4, -0.2) is 23.5 Å². The first kappa shape index (κ1) is 16.3. The molecule has 1 aromatic carbocycles. The number of hydrogen-bond donors (Lipinski definition) is 2. The third-order valence-corrected chi connectivity index (χ3v) is 4.95. The Morgan fingerprint density at radius 2 is 1.90 bits per heavy atom. The Balaban J connectivity index is 2.44. The minimum absolute atomic E-state index is 0.303. The Hall–Kier alpha value is -1.04. The largest absolute Gasteiger partial charge is 0.296 e. The van der Waals surface area contributed by atoms with Crippen molar-refractivity contribution < 1.29 is 8.78 Å². The number of halogens is 2. The molecule has 0 aliphatic carbocycles. The standard InChI is InChI=1S/C16H25F2N3/c1-4-16(3,21-9-5-6-10-21)15(20-19)12-8-7-11(2)13(17)14(12)18/h7-8,15,20H,4-6,9-10,19H2,1-3H3. The van der Waals surface area contributed by atoms with E-state index in [1.54, 1.807) is 19.1 Å². The third-order valence-electron chi connectivity index (χ3n) is 4.95. The van der Waals surface area contributed by atoms with E-state index in [4.69, 9.17) is 5.84 Å². The molecule has 1 heterocycles. The highest BCUT2D eigenvalue weighted by molar-refractivity contribution is 5.30. The van der Waals surface area contributed by atoms with E-state index in [-0.39, 0.29) is 5.54 Å². The van der Waals surface area contributed by atoms with E-state index in [1.165, 1.54) is 0 Å². The minimum atomic E-state index is -0.795. The molecule has 1 saturated heterocycles. The lowest BCUT2D eigenvalue weighted by molar-refractivity contribution is 0.0821. The summed E-state index contributed by atoms with van der Waals surface area (Å²) in [5, 5.41) is 0. The molecule has 1 fully saturated rings. The molecule has 3 N–H and O–H groups in total. The maximum Gasteiger partial charge on any atom is 0.163 e. The Bertz CT molecular complexity index is 501. The van der Waals surface area contributed by atoms with Crippen molar-refractivity contribution in [2.75, 3.05) is 13.1 Å². The summed E-state index contributed by atoms with van der Waals surface area (Å²) in [4.78, 5) is 2.33. The summed E-state index contributed by atoms with van der Waals surface area (Å²) in [5.41, 5.74) is 3.00. The number of benzene rings is 1. The maximum atomic E-state index is 14.4. The van der Waals surface area contributed by atoms with Crippen LogP contribution in [-0.2, 0) is 0 Å². The van der Waals surface area contributed by atoms with Gasteiger partial charge >= 0.3 is 0 Å². The van der Waals surface area contributed by atoms with E-state index in [0.29, 0.717) is 11.1 Å². The molecule has 0 bridgehead atoms. The fraction of sp³-hybridized carbons (Fsp3) is 0.625. The minimum Gasteiger partial charge on any atom is -0.296 e. The fourth-order valence-electron chi connectivity index (χ4n) is 3.33. The monoisotopic (exact) mass is 297 g/mol. The molecule has 2 rings (SSSR count). The maximum absolute atomic E-state index is 14.4. The van der Waals surface area contributed by atoms with Crippen LogP contribution < -0.4 is 11.3 Å². The Kier molecular flexibility index (Phi) is 4.96. The Labute approximate surface area is 125 Å². The van der Waals surface area contributed by atoms with Gasteiger partial charge in [0.05, 0.1) is 6.04 Å². The second-order valence-corrected chi connectivity index (χ2v) is 6.10. The zero-order valence-corrected chi connectivity index (χ0v) is 13.0. The van der Waals surface area contributed by atoms with Crippen LogP contribution in [0, 0.1) is 18.6 Å². The summed E-state index contributed by atoms with van der Waals surface area (Å²) in [6, 6.07) is 2.80. The molecule has 118 valence electrons. The fourth-order valence-corrected chi connectivity index (χ4v) is 3.33. The van der Waals surface area contributed by atoms with E-state index >= 15 is 0 Å². The van der Waals surface area contributed by atoms with Gasteiger partial charge < -0.3 is 0 Å². The van der Waals surface area contributed by atoms with Crippen molar-refractivity contribution in [2.24, 2.45) is 5.84 Å². The highest BCUT2D eigenvalue weighted by Gasteiger charge is 2.41. The number of hydrogen-bond acceptors (Lipinski definition) is 3. The topological polar surface area (TPSA) is 41.3 Å². The van der Waals surface area contributed by atoms with Crippen LogP contribution in [0.2, 0.25) is 0 Å². The lowest BCUT2D eigenvalue weighted by atomic mass is 9.83. The van der Waals surface area contributed by atoms with Gasteiger partial charge in [0.25, 0.3) is 0 Å². The summed E-state index contributed by atoms with van der Waals surface area (Å²) in [7, 11) is 0. The van der Waals surface area contributed by atoms with Gasteiger partial charge in [-0.3, -0.25) is 16.2 Å². The smallest absolute Gasteiger partial charge is 0.163 e. The van der Waals surface area contributed by atoms with Crippen LogP contribution in [0.4, 0.5) is 8.78 Å². The highest BCUT2D eigenvalue weighted by Crippen LogP contribution is 2.37. The van der Waals surface area contributed by atoms with E-state index in [1.807, 2.05) is 0 Å². The van der Waals surface area contributed by atoms with Gasteiger partial charge in [0.2, 0.25) is 0 Å². The van der Waals surface area contributed by atoms with Gasteiger partial charge in [-0.1, -0.05) is 19.1 Å². The average molecular weight is 297 g/mol. The van der Waals surface area contributed by atoms with Crippen molar-refractivity contribution in [1.82, 2.24) is 10.3 Å². The van der Waals surface area contributed by atoms with Gasteiger partial charge in [0.15, 0.2) is 11.6 Å². The summed E-state index contributed by atoms with van der Waals surface area (Å²) >= 11 is 0. The number of rotatable bonds is 5. The summed E-state index contributed by atoms with van der Waals surface area (Å²) < 4.78 is 28.3. The zero-order valence-electron chi connectivity index (χ0n) is 13.0. The number of hydrazine groups is 1. The SMILES string of the molecule is CCC(C)(C(NN)c1ccc(C)c(F)c1F)N1CCCC1. The van der Waals surface area contributed by atoms with Gasteiger partial charge in [-0.25, -0.2) is 8.78 Å². The zero-order chi connectivity index (χ0) is 15.6. The molecule has 0 saturated carbocycles. The molecular formula is C16H25F2N3. The first-order chi connectivity index (χ1) is 9.95. The van der Waals surface area contributed by atoms with Crippen molar-refractivity contribution in [3.8, 4) is 0 Å². The molecular weight excluding hydrogens is 272 g/mol. The van der Waals surface area contributed by atoms with E-state index < -0.39 is 17.7 Å². The van der Waals surface area contributed by atoms with Crippen LogP contribution in [0.15, 0.2) is 12.1 Å². The van der Waals surface area contributed by atoms with Crippen LogP contribution in [0.1, 0.15) is 50.3 Å². The molecule has 1 aromatic rings. The van der Waals surface area contributed by atoms with Crippen molar-refractivity contribution in [2.45, 2.75) is 51.6 Å². The lowest BCUT2D eigenvalue weighted by Crippen LogP contribution is -2.55. The van der Waals surface area contributed by atoms with Gasteiger partial charge in [0.1, 0.15) is 0 Å². The molecule has 2 unspecified atom stereocenters. The van der Waals surface area contributed by atoms with Crippen molar-refractivity contribution in [1.29, 1.82) is 0 Å². The molecule has 5 heteroatoms. The molecule has 2 atom stereocenters. The van der Waals surface area contributed by atoms with Crippen molar-refractivity contribution in [3.63, 3.8) is 0 Å². The normalized spacial score (nSPS) is 20.5. The highest BCUT2D eigenvalue weighted by atomic mass is 19.2. The summed E-state index contributed by atoms with van der Waals surface area (Å²) in [6.07, 6.45) is 3.08. The number of likely N-dealkylation sites (tertiary alicyclic amines) is 1. The van der Waals surface area contributed by atoms with E-state index in [2.05, 4.69) is 24.2 Å².